The Kier molecular flexibility index (Phi) is 8.00. The van der Waals surface area contributed by atoms with E-state index in [0.29, 0.717) is 53.5 Å². The minimum Gasteiger partial charge on any atom is -0.486 e. The number of nitrogens with one attached hydrogen (secondary N) is 2. The Balaban J connectivity index is 1.76. The molecule has 1 aliphatic heterocycles. The minimum atomic E-state index is -0.549. The Labute approximate surface area is 213 Å². The molecule has 10 heteroatoms. The second-order valence-electron chi connectivity index (χ2n) is 8.54. The summed E-state index contributed by atoms with van der Waals surface area (Å²) in [6.45, 7) is 1.66. The van der Waals surface area contributed by atoms with E-state index in [0.717, 1.165) is 6.42 Å². The lowest BCUT2D eigenvalue weighted by atomic mass is 10.1. The Hall–Kier alpha value is -3.71. The number of hydrogen-bond donors (Lipinski definition) is 2. The van der Waals surface area contributed by atoms with Crippen molar-refractivity contribution in [1.82, 2.24) is 9.88 Å². The maximum Gasteiger partial charge on any atom is 0.248 e. The Morgan fingerprint density at radius 3 is 2.92 bits per heavy atom. The third kappa shape index (κ3) is 6.10. The summed E-state index contributed by atoms with van der Waals surface area (Å²) in [4.78, 5) is 19.0. The molecule has 3 aromatic rings. The van der Waals surface area contributed by atoms with Gasteiger partial charge in [0.15, 0.2) is 0 Å². The van der Waals surface area contributed by atoms with Crippen molar-refractivity contribution in [3.63, 3.8) is 0 Å². The van der Waals surface area contributed by atoms with Crippen molar-refractivity contribution in [2.45, 2.75) is 12.5 Å². The van der Waals surface area contributed by atoms with Gasteiger partial charge >= 0.3 is 0 Å². The molecule has 2 N–H and O–H groups in total. The van der Waals surface area contributed by atoms with Crippen LogP contribution in [-0.4, -0.2) is 55.7 Å². The summed E-state index contributed by atoms with van der Waals surface area (Å²) in [5.41, 5.74) is 2.17. The summed E-state index contributed by atoms with van der Waals surface area (Å²) in [6.07, 6.45) is 5.23. The van der Waals surface area contributed by atoms with Gasteiger partial charge < -0.3 is 25.0 Å². The van der Waals surface area contributed by atoms with Gasteiger partial charge in [0.2, 0.25) is 5.91 Å². The van der Waals surface area contributed by atoms with E-state index >= 15 is 0 Å². The molecule has 1 atom stereocenters. The van der Waals surface area contributed by atoms with Crippen LogP contribution in [0.1, 0.15) is 12.0 Å². The van der Waals surface area contributed by atoms with E-state index in [9.17, 15) is 14.4 Å². The predicted molar refractivity (Wildman–Crippen MR) is 137 cm³/mol. The molecule has 0 unspecified atom stereocenters. The van der Waals surface area contributed by atoms with Crippen molar-refractivity contribution in [2.75, 3.05) is 44.5 Å². The highest BCUT2D eigenvalue weighted by Crippen LogP contribution is 2.37. The van der Waals surface area contributed by atoms with Crippen LogP contribution in [-0.2, 0) is 9.53 Å². The van der Waals surface area contributed by atoms with Gasteiger partial charge in [0, 0.05) is 42.4 Å². The fourth-order valence-corrected chi connectivity index (χ4v) is 3.86. The fraction of sp³-hybridized carbons (Fsp3) is 0.269. The van der Waals surface area contributed by atoms with E-state index in [2.05, 4.69) is 21.7 Å². The van der Waals surface area contributed by atoms with Gasteiger partial charge in [0.1, 0.15) is 23.7 Å². The summed E-state index contributed by atoms with van der Waals surface area (Å²) in [5.74, 6) is -0.430. The van der Waals surface area contributed by atoms with Crippen molar-refractivity contribution in [1.29, 1.82) is 5.26 Å². The summed E-state index contributed by atoms with van der Waals surface area (Å²) < 4.78 is 25.2. The molecule has 4 rings (SSSR count). The number of carbonyl (C=O) groups excluding carboxylic acids is 1. The number of hydrogen-bond acceptors (Lipinski definition) is 7. The van der Waals surface area contributed by atoms with Crippen molar-refractivity contribution >= 4 is 45.5 Å². The lowest BCUT2D eigenvalue weighted by molar-refractivity contribution is -0.111. The van der Waals surface area contributed by atoms with Crippen LogP contribution in [0, 0.1) is 17.1 Å². The van der Waals surface area contributed by atoms with Crippen LogP contribution in [0.4, 0.5) is 21.5 Å². The number of amides is 1. The molecule has 36 heavy (non-hydrogen) atoms. The Morgan fingerprint density at radius 1 is 1.39 bits per heavy atom. The second-order valence-corrected chi connectivity index (χ2v) is 8.94. The lowest BCUT2D eigenvalue weighted by Crippen LogP contribution is -2.18. The molecule has 0 aliphatic carbocycles. The van der Waals surface area contributed by atoms with Crippen molar-refractivity contribution in [2.24, 2.45) is 0 Å². The van der Waals surface area contributed by atoms with Gasteiger partial charge in [0.05, 0.1) is 40.7 Å². The van der Waals surface area contributed by atoms with E-state index in [1.807, 2.05) is 19.0 Å². The van der Waals surface area contributed by atoms with E-state index < -0.39 is 5.82 Å². The number of pyridine rings is 1. The van der Waals surface area contributed by atoms with E-state index in [-0.39, 0.29) is 22.6 Å². The highest BCUT2D eigenvalue weighted by atomic mass is 35.5. The zero-order valence-electron chi connectivity index (χ0n) is 19.8. The number of fused-ring (bicyclic) bond motifs is 1. The third-order valence-electron chi connectivity index (χ3n) is 5.46. The maximum absolute atomic E-state index is 13.7. The van der Waals surface area contributed by atoms with Gasteiger partial charge in [-0.25, -0.2) is 4.39 Å². The minimum absolute atomic E-state index is 0.0520. The number of rotatable bonds is 8. The quantitative estimate of drug-likeness (QED) is 0.418. The maximum atomic E-state index is 13.7. The number of likely N-dealkylation sites (N-methyl/N-ethyl adjacent to an activating group) is 1. The first-order chi connectivity index (χ1) is 17.3. The molecule has 8 nitrogen and oxygen atoms in total. The molecule has 1 saturated heterocycles. The van der Waals surface area contributed by atoms with Crippen LogP contribution in [0.5, 0.6) is 5.75 Å². The molecule has 0 radical (unpaired) electrons. The third-order valence-corrected chi connectivity index (χ3v) is 5.75. The van der Waals surface area contributed by atoms with Gasteiger partial charge in [-0.1, -0.05) is 17.7 Å². The first-order valence-corrected chi connectivity index (χ1v) is 11.7. The van der Waals surface area contributed by atoms with Crippen molar-refractivity contribution in [3.8, 4) is 11.8 Å². The summed E-state index contributed by atoms with van der Waals surface area (Å²) in [6, 6.07) is 9.74. The summed E-state index contributed by atoms with van der Waals surface area (Å²) in [5, 5.41) is 16.3. The lowest BCUT2D eigenvalue weighted by Gasteiger charge is -2.18. The van der Waals surface area contributed by atoms with Gasteiger partial charge in [0.25, 0.3) is 0 Å². The van der Waals surface area contributed by atoms with Gasteiger partial charge in [-0.2, -0.15) is 5.26 Å². The van der Waals surface area contributed by atoms with E-state index in [1.54, 1.807) is 18.2 Å². The van der Waals surface area contributed by atoms with Crippen LogP contribution in [0.2, 0.25) is 5.02 Å². The number of nitrogens with zero attached hydrogens (tertiary/aromatic N) is 3. The van der Waals surface area contributed by atoms with Gasteiger partial charge in [-0.05, 0) is 38.4 Å². The van der Waals surface area contributed by atoms with E-state index in [1.165, 1.54) is 30.5 Å². The second kappa shape index (κ2) is 11.4. The Bertz CT molecular complexity index is 1350. The average molecular weight is 510 g/mol. The number of benzene rings is 2. The number of nitriles is 1. The molecule has 1 aliphatic rings. The van der Waals surface area contributed by atoms with Crippen LogP contribution in [0.25, 0.3) is 10.9 Å². The first kappa shape index (κ1) is 25.4. The molecule has 0 bridgehead atoms. The van der Waals surface area contributed by atoms with Crippen LogP contribution >= 0.6 is 11.6 Å². The molecule has 186 valence electrons. The number of halogens is 2. The highest BCUT2D eigenvalue weighted by Gasteiger charge is 2.21. The zero-order valence-corrected chi connectivity index (χ0v) is 20.6. The topological polar surface area (TPSA) is 99.5 Å². The number of carbonyl (C=O) groups is 1. The fourth-order valence-electron chi connectivity index (χ4n) is 3.68. The molecule has 2 heterocycles. The first-order valence-electron chi connectivity index (χ1n) is 11.3. The van der Waals surface area contributed by atoms with Gasteiger partial charge in [-0.15, -0.1) is 0 Å². The molecule has 2 aromatic carbocycles. The normalized spacial score (nSPS) is 15.4. The highest BCUT2D eigenvalue weighted by molar-refractivity contribution is 6.31. The predicted octanol–water partition coefficient (Wildman–Crippen LogP) is 4.87. The van der Waals surface area contributed by atoms with Crippen molar-refractivity contribution < 1.29 is 18.7 Å². The monoisotopic (exact) mass is 509 g/mol. The largest absolute Gasteiger partial charge is 0.486 e. The van der Waals surface area contributed by atoms with Crippen LogP contribution in [0.15, 0.2) is 48.7 Å². The molecule has 1 aromatic heterocycles. The summed E-state index contributed by atoms with van der Waals surface area (Å²) in [7, 11) is 3.81. The average Bonchev–Trinajstić information content (AvgIpc) is 3.35. The molecule has 1 amide bonds. The molecular weight excluding hydrogens is 485 g/mol. The molecule has 1 fully saturated rings. The van der Waals surface area contributed by atoms with Crippen molar-refractivity contribution in [3.05, 3.63) is 65.1 Å². The standard InChI is InChI=1S/C26H25ClFN5O3/c1-33(2)8-3-4-25(34)32-23-11-19-22(12-24(23)36-18-7-9-35-15-18)30-14-16(13-29)26(19)31-17-5-6-21(28)20(27)10-17/h3-6,10-12,14,18H,7-9,15H2,1-2H3,(H,30,31)(H,32,34)/b4-3+/t18-/m0/s1. The summed E-state index contributed by atoms with van der Waals surface area (Å²) >= 11 is 5.94. The van der Waals surface area contributed by atoms with E-state index in [4.69, 9.17) is 21.1 Å². The van der Waals surface area contributed by atoms with Crippen LogP contribution < -0.4 is 15.4 Å². The smallest absolute Gasteiger partial charge is 0.248 e. The molecular formula is C26H25ClFN5O3. The van der Waals surface area contributed by atoms with Gasteiger partial charge in [-0.3, -0.25) is 9.78 Å². The molecule has 0 spiro atoms. The zero-order chi connectivity index (χ0) is 25.7. The Morgan fingerprint density at radius 2 is 2.22 bits per heavy atom. The molecule has 0 saturated carbocycles. The number of aromatic nitrogens is 1. The number of ether oxygens (including phenoxy) is 2. The van der Waals surface area contributed by atoms with Crippen LogP contribution in [0.3, 0.4) is 0 Å². The number of anilines is 3. The SMILES string of the molecule is CN(C)C/C=C/C(=O)Nc1cc2c(Nc3ccc(F)c(Cl)c3)c(C#N)cnc2cc1O[C@H]1CCOC1.